The summed E-state index contributed by atoms with van der Waals surface area (Å²) in [5.41, 5.74) is 6.89. The van der Waals surface area contributed by atoms with E-state index in [4.69, 9.17) is 38.4 Å². The van der Waals surface area contributed by atoms with Crippen LogP contribution in [0, 0.1) is 0 Å². The Labute approximate surface area is 185 Å². The minimum absolute atomic E-state index is 0.124. The van der Waals surface area contributed by atoms with Crippen LogP contribution >= 0.6 is 23.2 Å². The predicted octanol–water partition coefficient (Wildman–Crippen LogP) is 4.11. The van der Waals surface area contributed by atoms with Gasteiger partial charge in [0, 0.05) is 24.3 Å². The van der Waals surface area contributed by atoms with Crippen molar-refractivity contribution in [3.63, 3.8) is 0 Å². The predicted molar refractivity (Wildman–Crippen MR) is 118 cm³/mol. The van der Waals surface area contributed by atoms with E-state index in [0.717, 1.165) is 31.6 Å². The molecule has 1 aliphatic rings. The van der Waals surface area contributed by atoms with Crippen LogP contribution in [0.2, 0.25) is 10.0 Å². The van der Waals surface area contributed by atoms with Gasteiger partial charge in [0.1, 0.15) is 0 Å². The molecule has 0 bridgehead atoms. The van der Waals surface area contributed by atoms with Crippen molar-refractivity contribution < 1.29 is 19.1 Å². The molecule has 30 heavy (non-hydrogen) atoms. The number of benzene rings is 2. The molecule has 160 valence electrons. The first kappa shape index (κ1) is 22.1. The van der Waals surface area contributed by atoms with Crippen LogP contribution in [0.4, 0.5) is 11.4 Å². The Kier molecular flexibility index (Phi) is 7.29. The molecule has 1 heterocycles. The number of primary amides is 1. The van der Waals surface area contributed by atoms with Crippen molar-refractivity contribution in [3.8, 4) is 11.5 Å². The molecule has 1 fully saturated rings. The van der Waals surface area contributed by atoms with Gasteiger partial charge in [0.15, 0.2) is 18.1 Å². The molecule has 2 amide bonds. The smallest absolute Gasteiger partial charge is 0.255 e. The second-order valence-corrected chi connectivity index (χ2v) is 7.73. The lowest BCUT2D eigenvalue weighted by Crippen LogP contribution is -2.29. The molecular weight excluding hydrogens is 429 g/mol. The van der Waals surface area contributed by atoms with Crippen molar-refractivity contribution in [2.24, 2.45) is 5.73 Å². The summed E-state index contributed by atoms with van der Waals surface area (Å²) in [5, 5.41) is 3.51. The maximum Gasteiger partial charge on any atom is 0.255 e. The zero-order valence-corrected chi connectivity index (χ0v) is 18.1. The first-order valence-corrected chi connectivity index (χ1v) is 10.3. The van der Waals surface area contributed by atoms with E-state index < -0.39 is 11.8 Å². The fourth-order valence-corrected chi connectivity index (χ4v) is 3.88. The van der Waals surface area contributed by atoms with Crippen molar-refractivity contribution >= 4 is 46.4 Å². The van der Waals surface area contributed by atoms with E-state index in [1.165, 1.54) is 25.7 Å². The molecule has 2 aromatic rings. The van der Waals surface area contributed by atoms with Gasteiger partial charge in [-0.05, 0) is 49.6 Å². The number of nitrogens with one attached hydrogen (secondary N) is 1. The van der Waals surface area contributed by atoms with Crippen molar-refractivity contribution in [3.05, 3.63) is 45.9 Å². The third-order valence-electron chi connectivity index (χ3n) is 4.75. The van der Waals surface area contributed by atoms with Crippen LogP contribution in [0.3, 0.4) is 0 Å². The fourth-order valence-electron chi connectivity index (χ4n) is 3.31. The Morgan fingerprint density at radius 2 is 1.83 bits per heavy atom. The van der Waals surface area contributed by atoms with Crippen LogP contribution in [-0.2, 0) is 4.79 Å². The van der Waals surface area contributed by atoms with Crippen molar-refractivity contribution in [1.29, 1.82) is 0 Å². The van der Waals surface area contributed by atoms with Crippen LogP contribution in [0.5, 0.6) is 11.5 Å². The van der Waals surface area contributed by atoms with Gasteiger partial charge in [0.25, 0.3) is 11.8 Å². The number of rotatable bonds is 7. The minimum Gasteiger partial charge on any atom is -0.493 e. The number of nitrogens with zero attached hydrogens (tertiary/aromatic N) is 1. The van der Waals surface area contributed by atoms with E-state index in [-0.39, 0.29) is 28.7 Å². The van der Waals surface area contributed by atoms with E-state index in [1.54, 1.807) is 6.07 Å². The van der Waals surface area contributed by atoms with Crippen molar-refractivity contribution in [1.82, 2.24) is 0 Å². The quantitative estimate of drug-likeness (QED) is 0.660. The van der Waals surface area contributed by atoms with E-state index in [1.807, 2.05) is 12.1 Å². The molecule has 0 atom stereocenters. The Balaban J connectivity index is 1.76. The number of amides is 2. The van der Waals surface area contributed by atoms with Gasteiger partial charge in [0.05, 0.1) is 22.8 Å². The maximum absolute atomic E-state index is 12.7. The average molecular weight is 452 g/mol. The summed E-state index contributed by atoms with van der Waals surface area (Å²) < 4.78 is 10.5. The first-order chi connectivity index (χ1) is 14.4. The molecule has 1 aliphatic heterocycles. The summed E-state index contributed by atoms with van der Waals surface area (Å²) in [6.45, 7) is 1.60. The number of piperidine rings is 1. The summed E-state index contributed by atoms with van der Waals surface area (Å²) in [7, 11) is 1.41. The van der Waals surface area contributed by atoms with Gasteiger partial charge in [-0.3, -0.25) is 9.59 Å². The highest BCUT2D eigenvalue weighted by molar-refractivity contribution is 6.34. The molecule has 3 rings (SSSR count). The standard InChI is InChI=1S/C21H23Cl2N3O4/c1-29-18-10-13(9-16(23)20(18)30-12-19(24)27)21(28)25-14-5-6-17(15(22)11-14)26-7-3-2-4-8-26/h5-6,9-11H,2-4,7-8,12H2,1H3,(H2,24,27)(H,25,28). The molecule has 0 aliphatic carbocycles. The minimum atomic E-state index is -0.653. The number of carbonyl (C=O) groups is 2. The molecule has 3 N–H and O–H groups in total. The number of hydrogen-bond acceptors (Lipinski definition) is 5. The molecular formula is C21H23Cl2N3O4. The highest BCUT2D eigenvalue weighted by Crippen LogP contribution is 2.37. The molecule has 0 saturated carbocycles. The zero-order valence-electron chi connectivity index (χ0n) is 16.5. The topological polar surface area (TPSA) is 93.9 Å². The highest BCUT2D eigenvalue weighted by atomic mass is 35.5. The Bertz CT molecular complexity index is 946. The molecule has 0 spiro atoms. The number of ether oxygens (including phenoxy) is 2. The number of hydrogen-bond donors (Lipinski definition) is 2. The van der Waals surface area contributed by atoms with Gasteiger partial charge in [-0.2, -0.15) is 0 Å². The normalized spacial score (nSPS) is 13.6. The second kappa shape index (κ2) is 9.91. The number of anilines is 2. The lowest BCUT2D eigenvalue weighted by atomic mass is 10.1. The average Bonchev–Trinajstić information content (AvgIpc) is 2.72. The highest BCUT2D eigenvalue weighted by Gasteiger charge is 2.18. The van der Waals surface area contributed by atoms with Crippen LogP contribution in [-0.4, -0.2) is 38.6 Å². The van der Waals surface area contributed by atoms with E-state index in [9.17, 15) is 9.59 Å². The van der Waals surface area contributed by atoms with Crippen LogP contribution < -0.4 is 25.4 Å². The summed E-state index contributed by atoms with van der Waals surface area (Å²) in [6, 6.07) is 8.36. The van der Waals surface area contributed by atoms with Gasteiger partial charge in [-0.1, -0.05) is 23.2 Å². The van der Waals surface area contributed by atoms with Gasteiger partial charge in [-0.15, -0.1) is 0 Å². The van der Waals surface area contributed by atoms with Crippen LogP contribution in [0.25, 0.3) is 0 Å². The molecule has 0 radical (unpaired) electrons. The van der Waals surface area contributed by atoms with Crippen LogP contribution in [0.1, 0.15) is 29.6 Å². The number of methoxy groups -OCH3 is 1. The molecule has 9 heteroatoms. The molecule has 2 aromatic carbocycles. The molecule has 1 saturated heterocycles. The van der Waals surface area contributed by atoms with E-state index in [2.05, 4.69) is 10.2 Å². The van der Waals surface area contributed by atoms with Crippen molar-refractivity contribution in [2.75, 3.05) is 37.0 Å². The Morgan fingerprint density at radius 1 is 1.10 bits per heavy atom. The second-order valence-electron chi connectivity index (χ2n) is 6.91. The van der Waals surface area contributed by atoms with Gasteiger partial charge in [-0.25, -0.2) is 0 Å². The van der Waals surface area contributed by atoms with E-state index in [0.29, 0.717) is 10.7 Å². The Morgan fingerprint density at radius 3 is 2.47 bits per heavy atom. The SMILES string of the molecule is COc1cc(C(=O)Nc2ccc(N3CCCCC3)c(Cl)c2)cc(Cl)c1OCC(N)=O. The van der Waals surface area contributed by atoms with Gasteiger partial charge >= 0.3 is 0 Å². The first-order valence-electron chi connectivity index (χ1n) is 9.53. The third-order valence-corrected chi connectivity index (χ3v) is 5.34. The van der Waals surface area contributed by atoms with Crippen LogP contribution in [0.15, 0.2) is 30.3 Å². The van der Waals surface area contributed by atoms with Crippen molar-refractivity contribution in [2.45, 2.75) is 19.3 Å². The van der Waals surface area contributed by atoms with Gasteiger partial charge in [0.2, 0.25) is 0 Å². The number of nitrogens with two attached hydrogens (primary N) is 1. The fraction of sp³-hybridized carbons (Fsp3) is 0.333. The summed E-state index contributed by atoms with van der Waals surface area (Å²) in [4.78, 5) is 25.9. The Hall–Kier alpha value is -2.64. The largest absolute Gasteiger partial charge is 0.493 e. The number of carbonyl (C=O) groups excluding carboxylic acids is 2. The lowest BCUT2D eigenvalue weighted by Gasteiger charge is -2.29. The molecule has 0 aromatic heterocycles. The molecule has 7 nitrogen and oxygen atoms in total. The lowest BCUT2D eigenvalue weighted by molar-refractivity contribution is -0.119. The van der Waals surface area contributed by atoms with E-state index >= 15 is 0 Å². The number of halogens is 2. The summed E-state index contributed by atoms with van der Waals surface area (Å²) >= 11 is 12.7. The maximum atomic E-state index is 12.7. The monoisotopic (exact) mass is 451 g/mol. The van der Waals surface area contributed by atoms with Gasteiger partial charge < -0.3 is 25.4 Å². The summed E-state index contributed by atoms with van der Waals surface area (Å²) in [6.07, 6.45) is 3.54. The zero-order chi connectivity index (χ0) is 21.7. The third kappa shape index (κ3) is 5.29. The molecule has 0 unspecified atom stereocenters. The summed E-state index contributed by atoms with van der Waals surface area (Å²) in [5.74, 6) is -0.686.